The molecule has 1 atom stereocenters. The highest BCUT2D eigenvalue weighted by Crippen LogP contribution is 2.21. The van der Waals surface area contributed by atoms with E-state index in [1.807, 2.05) is 42.2 Å². The minimum absolute atomic E-state index is 0.0140. The molecule has 0 N–H and O–H groups in total. The van der Waals surface area contributed by atoms with Gasteiger partial charge in [-0.3, -0.25) is 9.59 Å². The van der Waals surface area contributed by atoms with Crippen LogP contribution in [0.1, 0.15) is 47.6 Å². The molecule has 26 heavy (non-hydrogen) atoms. The normalized spacial score (nSPS) is 18.1. The van der Waals surface area contributed by atoms with Gasteiger partial charge in [-0.15, -0.1) is 5.10 Å². The average Bonchev–Trinajstić information content (AvgIpc) is 3.09. The largest absolute Gasteiger partial charge is 0.335 e. The number of rotatable bonds is 5. The molecule has 7 heteroatoms. The molecule has 0 unspecified atom stereocenters. The van der Waals surface area contributed by atoms with Crippen LogP contribution in [-0.2, 0) is 17.8 Å². The molecule has 138 valence electrons. The summed E-state index contributed by atoms with van der Waals surface area (Å²) < 4.78 is 3.92. The number of aryl methyl sites for hydroxylation is 1. The van der Waals surface area contributed by atoms with Gasteiger partial charge in [-0.2, -0.15) is 0 Å². The predicted octanol–water partition coefficient (Wildman–Crippen LogP) is 2.75. The maximum absolute atomic E-state index is 13.0. The monoisotopic (exact) mass is 372 g/mol. The van der Waals surface area contributed by atoms with Crippen molar-refractivity contribution in [2.24, 2.45) is 0 Å². The first-order chi connectivity index (χ1) is 12.6. The molecule has 1 fully saturated rings. The Labute approximate surface area is 158 Å². The summed E-state index contributed by atoms with van der Waals surface area (Å²) in [5, 5.41) is 4.04. The van der Waals surface area contributed by atoms with Crippen LogP contribution in [-0.4, -0.2) is 50.3 Å². The van der Waals surface area contributed by atoms with Crippen LogP contribution in [0.25, 0.3) is 0 Å². The van der Waals surface area contributed by atoms with Crippen molar-refractivity contribution in [2.45, 2.75) is 45.7 Å². The minimum atomic E-state index is -0.0512. The van der Waals surface area contributed by atoms with Gasteiger partial charge in [-0.05, 0) is 29.9 Å². The molecule has 1 aliphatic rings. The van der Waals surface area contributed by atoms with Crippen LogP contribution in [0.15, 0.2) is 30.3 Å². The molecule has 0 bridgehead atoms. The van der Waals surface area contributed by atoms with E-state index in [9.17, 15) is 9.59 Å². The lowest BCUT2D eigenvalue weighted by Gasteiger charge is -2.31. The Morgan fingerprint density at radius 2 is 2.04 bits per heavy atom. The fraction of sp³-hybridized carbons (Fsp3) is 0.474. The number of carbonyl (C=O) groups excluding carboxylic acids is 2. The Kier molecular flexibility index (Phi) is 5.98. The Morgan fingerprint density at radius 1 is 1.27 bits per heavy atom. The summed E-state index contributed by atoms with van der Waals surface area (Å²) in [5.74, 6) is 0.0545. The van der Waals surface area contributed by atoms with E-state index in [4.69, 9.17) is 0 Å². The van der Waals surface area contributed by atoms with Crippen molar-refractivity contribution in [1.29, 1.82) is 0 Å². The summed E-state index contributed by atoms with van der Waals surface area (Å²) in [6, 6.07) is 10.0. The van der Waals surface area contributed by atoms with Crippen molar-refractivity contribution < 1.29 is 9.59 Å². The van der Waals surface area contributed by atoms with Gasteiger partial charge >= 0.3 is 0 Å². The third-order valence-electron chi connectivity index (χ3n) is 4.83. The van der Waals surface area contributed by atoms with Crippen LogP contribution in [0.2, 0.25) is 0 Å². The topological polar surface area (TPSA) is 66.4 Å². The van der Waals surface area contributed by atoms with E-state index >= 15 is 0 Å². The first-order valence-corrected chi connectivity index (χ1v) is 9.85. The zero-order valence-corrected chi connectivity index (χ0v) is 16.0. The number of aromatic nitrogens is 2. The van der Waals surface area contributed by atoms with Crippen molar-refractivity contribution in [3.63, 3.8) is 0 Å². The zero-order valence-electron chi connectivity index (χ0n) is 15.2. The molecular weight excluding hydrogens is 348 g/mol. The Hall–Kier alpha value is -2.28. The van der Waals surface area contributed by atoms with E-state index in [0.717, 1.165) is 29.2 Å². The van der Waals surface area contributed by atoms with Crippen molar-refractivity contribution >= 4 is 23.3 Å². The highest BCUT2D eigenvalue weighted by atomic mass is 32.1. The van der Waals surface area contributed by atoms with Gasteiger partial charge in [-0.1, -0.05) is 48.7 Å². The van der Waals surface area contributed by atoms with Gasteiger partial charge < -0.3 is 9.80 Å². The van der Waals surface area contributed by atoms with Crippen LogP contribution in [0.4, 0.5) is 0 Å². The van der Waals surface area contributed by atoms with Crippen LogP contribution in [0.3, 0.4) is 0 Å². The maximum Gasteiger partial charge on any atom is 0.267 e. The molecule has 0 aliphatic carbocycles. The highest BCUT2D eigenvalue weighted by molar-refractivity contribution is 7.08. The maximum atomic E-state index is 13.0. The van der Waals surface area contributed by atoms with E-state index in [1.54, 1.807) is 4.90 Å². The van der Waals surface area contributed by atoms with E-state index in [-0.39, 0.29) is 17.9 Å². The number of nitrogens with zero attached hydrogens (tertiary/aromatic N) is 4. The molecule has 0 radical (unpaired) electrons. The number of amides is 2. The molecule has 2 aromatic rings. The molecule has 0 spiro atoms. The van der Waals surface area contributed by atoms with Crippen molar-refractivity contribution in [3.05, 3.63) is 46.5 Å². The first-order valence-electron chi connectivity index (χ1n) is 9.07. The second-order valence-electron chi connectivity index (χ2n) is 6.47. The summed E-state index contributed by atoms with van der Waals surface area (Å²) >= 11 is 1.14. The lowest BCUT2D eigenvalue weighted by Crippen LogP contribution is -2.43. The minimum Gasteiger partial charge on any atom is -0.335 e. The zero-order chi connectivity index (χ0) is 18.5. The van der Waals surface area contributed by atoms with Gasteiger partial charge in [0.1, 0.15) is 4.88 Å². The van der Waals surface area contributed by atoms with Gasteiger partial charge in [0.25, 0.3) is 5.91 Å². The van der Waals surface area contributed by atoms with Crippen molar-refractivity contribution in [3.8, 4) is 0 Å². The molecule has 0 saturated carbocycles. The van der Waals surface area contributed by atoms with E-state index in [2.05, 4.69) is 16.5 Å². The summed E-state index contributed by atoms with van der Waals surface area (Å²) in [4.78, 5) is 30.0. The molecular formula is C19H24N4O2S. The fourth-order valence-electron chi connectivity index (χ4n) is 3.30. The second kappa shape index (κ2) is 8.40. The van der Waals surface area contributed by atoms with E-state index in [0.29, 0.717) is 37.4 Å². The lowest BCUT2D eigenvalue weighted by molar-refractivity contribution is -0.133. The number of hydrogen-bond donors (Lipinski definition) is 0. The van der Waals surface area contributed by atoms with Gasteiger partial charge in [0.05, 0.1) is 5.69 Å². The second-order valence-corrected chi connectivity index (χ2v) is 7.23. The summed E-state index contributed by atoms with van der Waals surface area (Å²) in [5.41, 5.74) is 1.85. The Balaban J connectivity index is 1.79. The standard InChI is InChI=1S/C19H24N4O2S/c1-3-15-13-22(19(25)18-16(4-2)20-21-26-18)11-10-17(24)23(15)12-14-8-6-5-7-9-14/h5-9,15H,3-4,10-13H2,1-2H3/t15-/m0/s1. The van der Waals surface area contributed by atoms with Gasteiger partial charge in [-0.25, -0.2) is 0 Å². The molecule has 3 rings (SSSR count). The first kappa shape index (κ1) is 18.5. The van der Waals surface area contributed by atoms with Crippen LogP contribution < -0.4 is 0 Å². The van der Waals surface area contributed by atoms with Crippen molar-refractivity contribution in [1.82, 2.24) is 19.4 Å². The third-order valence-corrected chi connectivity index (χ3v) is 5.58. The average molecular weight is 372 g/mol. The predicted molar refractivity (Wildman–Crippen MR) is 101 cm³/mol. The summed E-state index contributed by atoms with van der Waals surface area (Å²) in [7, 11) is 0. The number of carbonyl (C=O) groups is 2. The fourth-order valence-corrected chi connectivity index (χ4v) is 4.02. The quantitative estimate of drug-likeness (QED) is 0.809. The summed E-state index contributed by atoms with van der Waals surface area (Å²) in [6.45, 7) is 5.61. The molecule has 6 nitrogen and oxygen atoms in total. The molecule has 2 amide bonds. The highest BCUT2D eigenvalue weighted by Gasteiger charge is 2.32. The molecule has 2 heterocycles. The molecule has 1 aliphatic heterocycles. The Bertz CT molecular complexity index is 762. The lowest BCUT2D eigenvalue weighted by atomic mass is 10.1. The van der Waals surface area contributed by atoms with Gasteiger partial charge in [0.15, 0.2) is 0 Å². The van der Waals surface area contributed by atoms with E-state index < -0.39 is 0 Å². The van der Waals surface area contributed by atoms with E-state index in [1.165, 1.54) is 0 Å². The Morgan fingerprint density at radius 3 is 2.73 bits per heavy atom. The smallest absolute Gasteiger partial charge is 0.267 e. The molecule has 1 saturated heterocycles. The summed E-state index contributed by atoms with van der Waals surface area (Å²) in [6.07, 6.45) is 1.84. The third kappa shape index (κ3) is 3.93. The molecule has 1 aromatic heterocycles. The SMILES string of the molecule is CCc1nnsc1C(=O)N1CCC(=O)N(Cc2ccccc2)[C@@H](CC)C1. The van der Waals surface area contributed by atoms with Crippen LogP contribution >= 0.6 is 11.5 Å². The molecule has 1 aromatic carbocycles. The van der Waals surface area contributed by atoms with Crippen molar-refractivity contribution in [2.75, 3.05) is 13.1 Å². The van der Waals surface area contributed by atoms with Crippen LogP contribution in [0, 0.1) is 0 Å². The van der Waals surface area contributed by atoms with Gasteiger partial charge in [0.2, 0.25) is 5.91 Å². The number of benzene rings is 1. The van der Waals surface area contributed by atoms with Crippen LogP contribution in [0.5, 0.6) is 0 Å². The number of hydrogen-bond acceptors (Lipinski definition) is 5. The van der Waals surface area contributed by atoms with Gasteiger partial charge in [0, 0.05) is 32.1 Å².